The van der Waals surface area contributed by atoms with Crippen LogP contribution in [0, 0.1) is 13.8 Å². The maximum atomic E-state index is 12.4. The molecule has 1 aromatic heterocycles. The van der Waals surface area contributed by atoms with Crippen molar-refractivity contribution < 1.29 is 9.53 Å². The Labute approximate surface area is 178 Å². The molecule has 1 heterocycles. The fourth-order valence-electron chi connectivity index (χ4n) is 2.70. The number of halogens is 1. The van der Waals surface area contributed by atoms with E-state index in [1.807, 2.05) is 26.8 Å². The highest BCUT2D eigenvalue weighted by molar-refractivity contribution is 7.22. The fraction of sp³-hybridized carbons (Fsp3) is 0.286. The molecule has 0 aliphatic heterocycles. The van der Waals surface area contributed by atoms with Crippen molar-refractivity contribution in [3.05, 3.63) is 46.5 Å². The number of aromatic nitrogens is 1. The molecule has 0 unspecified atom stereocenters. The van der Waals surface area contributed by atoms with Crippen molar-refractivity contribution >= 4 is 55.6 Å². The van der Waals surface area contributed by atoms with Gasteiger partial charge >= 0.3 is 0 Å². The Kier molecular flexibility index (Phi) is 6.71. The third-order valence-corrected chi connectivity index (χ3v) is 5.77. The molecule has 3 rings (SSSR count). The van der Waals surface area contributed by atoms with Crippen LogP contribution in [0.15, 0.2) is 35.4 Å². The molecule has 29 heavy (non-hydrogen) atoms. The molecule has 0 spiro atoms. The largest absolute Gasteiger partial charge is 0.484 e. The normalized spacial score (nSPS) is 11.6. The Morgan fingerprint density at radius 1 is 1.28 bits per heavy atom. The van der Waals surface area contributed by atoms with E-state index in [0.717, 1.165) is 44.3 Å². The number of aryl methyl sites for hydroxylation is 2. The van der Waals surface area contributed by atoms with Crippen molar-refractivity contribution in [3.8, 4) is 5.75 Å². The van der Waals surface area contributed by atoms with E-state index in [9.17, 15) is 4.79 Å². The van der Waals surface area contributed by atoms with Gasteiger partial charge in [-0.2, -0.15) is 5.10 Å². The fourth-order valence-corrected chi connectivity index (χ4v) is 3.72. The Hall–Kier alpha value is -2.64. The van der Waals surface area contributed by atoms with Crippen LogP contribution in [-0.4, -0.2) is 23.2 Å². The summed E-state index contributed by atoms with van der Waals surface area (Å²) in [6.07, 6.45) is 0.879. The van der Waals surface area contributed by atoms with Gasteiger partial charge in [-0.3, -0.25) is 10.2 Å². The number of nitrogens with one attached hydrogen (secondary N) is 2. The highest BCUT2D eigenvalue weighted by Gasteiger charge is 2.15. The molecule has 2 aromatic carbocycles. The molecule has 0 saturated carbocycles. The van der Waals surface area contributed by atoms with Gasteiger partial charge in [0, 0.05) is 16.4 Å². The smallest absolute Gasteiger partial charge is 0.262 e. The van der Waals surface area contributed by atoms with Crippen LogP contribution in [-0.2, 0) is 4.79 Å². The number of benzene rings is 2. The minimum atomic E-state index is -0.225. The number of amides is 1. The van der Waals surface area contributed by atoms with Crippen molar-refractivity contribution in [1.82, 2.24) is 4.98 Å². The van der Waals surface area contributed by atoms with E-state index in [0.29, 0.717) is 10.8 Å². The maximum Gasteiger partial charge on any atom is 0.262 e. The number of anilines is 2. The van der Waals surface area contributed by atoms with Crippen molar-refractivity contribution in [2.24, 2.45) is 5.10 Å². The number of hydrogen-bond donors (Lipinski definition) is 2. The van der Waals surface area contributed by atoms with Crippen molar-refractivity contribution in [1.29, 1.82) is 0 Å². The van der Waals surface area contributed by atoms with E-state index in [4.69, 9.17) is 16.3 Å². The lowest BCUT2D eigenvalue weighted by atomic mass is 10.1. The topological polar surface area (TPSA) is 75.6 Å². The zero-order valence-corrected chi connectivity index (χ0v) is 18.4. The lowest BCUT2D eigenvalue weighted by Crippen LogP contribution is -2.21. The van der Waals surface area contributed by atoms with E-state index in [2.05, 4.69) is 27.8 Å². The van der Waals surface area contributed by atoms with Gasteiger partial charge in [-0.25, -0.2) is 4.98 Å². The van der Waals surface area contributed by atoms with Gasteiger partial charge in [0.1, 0.15) is 5.75 Å². The van der Waals surface area contributed by atoms with Crippen LogP contribution >= 0.6 is 22.9 Å². The molecule has 0 saturated heterocycles. The van der Waals surface area contributed by atoms with Crippen LogP contribution in [0.5, 0.6) is 5.75 Å². The number of ether oxygens (including phenoxy) is 1. The van der Waals surface area contributed by atoms with Gasteiger partial charge < -0.3 is 10.1 Å². The Bertz CT molecular complexity index is 1060. The van der Waals surface area contributed by atoms with E-state index in [1.165, 1.54) is 11.3 Å². The maximum absolute atomic E-state index is 12.4. The average molecular weight is 431 g/mol. The summed E-state index contributed by atoms with van der Waals surface area (Å²) < 4.78 is 6.54. The van der Waals surface area contributed by atoms with Gasteiger partial charge in [-0.05, 0) is 68.7 Å². The minimum absolute atomic E-state index is 0.0843. The summed E-state index contributed by atoms with van der Waals surface area (Å²) in [6, 6.07) is 8.87. The SMILES string of the molecule is CC/C(C)=N\Nc1nc2cc(C)c(NC(=O)COc3ccc(Cl)cc3)c(C)c2s1. The molecule has 0 atom stereocenters. The van der Waals surface area contributed by atoms with Gasteiger partial charge in [-0.15, -0.1) is 0 Å². The number of thiazole rings is 1. The number of hydrazone groups is 1. The molecule has 2 N–H and O–H groups in total. The summed E-state index contributed by atoms with van der Waals surface area (Å²) in [4.78, 5) is 17.0. The second kappa shape index (κ2) is 9.24. The summed E-state index contributed by atoms with van der Waals surface area (Å²) in [5.41, 5.74) is 7.60. The standard InChI is InChI=1S/C21H23ClN4O2S/c1-5-13(3)25-26-21-23-17-10-12(2)19(14(4)20(17)29-21)24-18(27)11-28-16-8-6-15(22)7-9-16/h6-10H,5,11H2,1-4H3,(H,23,26)(H,24,27)/b25-13-. The number of carbonyl (C=O) groups is 1. The molecule has 8 heteroatoms. The monoisotopic (exact) mass is 430 g/mol. The Balaban J connectivity index is 1.74. The number of nitrogens with zero attached hydrogens (tertiary/aromatic N) is 2. The number of hydrogen-bond acceptors (Lipinski definition) is 6. The summed E-state index contributed by atoms with van der Waals surface area (Å²) >= 11 is 7.37. The second-order valence-corrected chi connectivity index (χ2v) is 8.10. The molecule has 0 aliphatic carbocycles. The molecule has 1 amide bonds. The predicted octanol–water partition coefficient (Wildman–Crippen LogP) is 5.78. The molecule has 0 bridgehead atoms. The molecule has 0 radical (unpaired) electrons. The number of fused-ring (bicyclic) bond motifs is 1. The van der Waals surface area contributed by atoms with Crippen molar-refractivity contribution in [2.45, 2.75) is 34.1 Å². The lowest BCUT2D eigenvalue weighted by Gasteiger charge is -2.13. The molecule has 152 valence electrons. The molecule has 6 nitrogen and oxygen atoms in total. The van der Waals surface area contributed by atoms with E-state index in [-0.39, 0.29) is 12.5 Å². The van der Waals surface area contributed by atoms with E-state index in [1.54, 1.807) is 24.3 Å². The highest BCUT2D eigenvalue weighted by atomic mass is 35.5. The van der Waals surface area contributed by atoms with Crippen LogP contribution in [0.1, 0.15) is 31.4 Å². The molecule has 3 aromatic rings. The highest BCUT2D eigenvalue weighted by Crippen LogP contribution is 2.35. The van der Waals surface area contributed by atoms with E-state index >= 15 is 0 Å². The van der Waals surface area contributed by atoms with Gasteiger partial charge in [0.2, 0.25) is 5.13 Å². The third-order valence-electron chi connectivity index (χ3n) is 4.42. The molecular formula is C21H23ClN4O2S. The zero-order valence-electron chi connectivity index (χ0n) is 16.8. The summed E-state index contributed by atoms with van der Waals surface area (Å²) in [5.74, 6) is 0.367. The van der Waals surface area contributed by atoms with Gasteiger partial charge in [-0.1, -0.05) is 29.9 Å². The average Bonchev–Trinajstić information content (AvgIpc) is 3.11. The van der Waals surface area contributed by atoms with Gasteiger partial charge in [0.05, 0.1) is 10.2 Å². The Morgan fingerprint density at radius 3 is 2.69 bits per heavy atom. The number of carbonyl (C=O) groups excluding carboxylic acids is 1. The molecule has 0 aliphatic rings. The van der Waals surface area contributed by atoms with Crippen molar-refractivity contribution in [2.75, 3.05) is 17.3 Å². The summed E-state index contributed by atoms with van der Waals surface area (Å²) in [5, 5.41) is 8.62. The quantitative estimate of drug-likeness (QED) is 0.368. The van der Waals surface area contributed by atoms with E-state index < -0.39 is 0 Å². The van der Waals surface area contributed by atoms with Crippen LogP contribution in [0.25, 0.3) is 10.2 Å². The van der Waals surface area contributed by atoms with Crippen LogP contribution in [0.2, 0.25) is 5.02 Å². The number of rotatable bonds is 7. The zero-order chi connectivity index (χ0) is 21.0. The lowest BCUT2D eigenvalue weighted by molar-refractivity contribution is -0.118. The first kappa shape index (κ1) is 21.1. The molecular weight excluding hydrogens is 408 g/mol. The third kappa shape index (κ3) is 5.25. The minimum Gasteiger partial charge on any atom is -0.484 e. The first-order valence-electron chi connectivity index (χ1n) is 9.25. The first-order chi connectivity index (χ1) is 13.9. The second-order valence-electron chi connectivity index (χ2n) is 6.66. The first-order valence-corrected chi connectivity index (χ1v) is 10.4. The Morgan fingerprint density at radius 2 is 2.00 bits per heavy atom. The van der Waals surface area contributed by atoms with Gasteiger partial charge in [0.25, 0.3) is 5.91 Å². The van der Waals surface area contributed by atoms with Crippen LogP contribution < -0.4 is 15.5 Å². The summed E-state index contributed by atoms with van der Waals surface area (Å²) in [7, 11) is 0. The van der Waals surface area contributed by atoms with Crippen LogP contribution in [0.4, 0.5) is 10.8 Å². The van der Waals surface area contributed by atoms with Crippen molar-refractivity contribution in [3.63, 3.8) is 0 Å². The predicted molar refractivity (Wildman–Crippen MR) is 122 cm³/mol. The molecule has 0 fully saturated rings. The van der Waals surface area contributed by atoms with Crippen LogP contribution in [0.3, 0.4) is 0 Å². The van der Waals surface area contributed by atoms with Gasteiger partial charge in [0.15, 0.2) is 6.61 Å². The summed E-state index contributed by atoms with van der Waals surface area (Å²) in [6.45, 7) is 7.87.